The van der Waals surface area contributed by atoms with Crippen LogP contribution in [-0.2, 0) is 4.74 Å². The molecule has 0 aliphatic heterocycles. The number of para-hydroxylation sites is 1. The maximum absolute atomic E-state index is 12.9. The molecule has 30 heavy (non-hydrogen) atoms. The van der Waals surface area contributed by atoms with Gasteiger partial charge >= 0.3 is 5.97 Å². The number of amides is 2. The molecule has 0 unspecified atom stereocenters. The van der Waals surface area contributed by atoms with E-state index in [1.54, 1.807) is 42.5 Å². The van der Waals surface area contributed by atoms with E-state index in [2.05, 4.69) is 10.6 Å². The molecule has 2 amide bonds. The van der Waals surface area contributed by atoms with Gasteiger partial charge in [0.2, 0.25) is 0 Å². The number of carbonyl (C=O) groups is 3. The van der Waals surface area contributed by atoms with Gasteiger partial charge in [-0.15, -0.1) is 0 Å². The van der Waals surface area contributed by atoms with E-state index < -0.39 is 11.9 Å². The molecule has 0 heterocycles. The van der Waals surface area contributed by atoms with Crippen molar-refractivity contribution >= 4 is 40.8 Å². The molecule has 0 atom stereocenters. The van der Waals surface area contributed by atoms with Crippen LogP contribution in [0.4, 0.5) is 11.4 Å². The third-order valence-electron chi connectivity index (χ3n) is 4.34. The minimum atomic E-state index is -0.548. The fourth-order valence-corrected chi connectivity index (χ4v) is 2.99. The smallest absolute Gasteiger partial charge is 0.337 e. The summed E-state index contributed by atoms with van der Waals surface area (Å²) in [5, 5.41) is 5.71. The number of benzene rings is 3. The molecule has 0 fully saturated rings. The number of carbonyl (C=O) groups excluding carboxylic acids is 3. The summed E-state index contributed by atoms with van der Waals surface area (Å²) in [5.74, 6) is -1.36. The number of methoxy groups -OCH3 is 1. The SMILES string of the molecule is COC(=O)c1ccc(Cl)c(NC(=O)c2ccccc2NC(=O)c2cccc(C)c2)c1. The average Bonchev–Trinajstić information content (AvgIpc) is 2.75. The summed E-state index contributed by atoms with van der Waals surface area (Å²) in [6, 6.07) is 18.2. The number of anilines is 2. The Morgan fingerprint density at radius 2 is 1.53 bits per heavy atom. The summed E-state index contributed by atoms with van der Waals surface area (Å²) in [7, 11) is 1.27. The van der Waals surface area contributed by atoms with Crippen molar-refractivity contribution in [2.75, 3.05) is 17.7 Å². The molecule has 0 saturated heterocycles. The van der Waals surface area contributed by atoms with E-state index in [9.17, 15) is 14.4 Å². The standard InChI is InChI=1S/C23H19ClN2O4/c1-14-6-5-7-15(12-14)21(27)25-19-9-4-3-8-17(19)22(28)26-20-13-16(23(29)30-2)10-11-18(20)24/h3-13H,1-2H3,(H,25,27)(H,26,28). The van der Waals surface area contributed by atoms with Crippen LogP contribution in [0, 0.1) is 6.92 Å². The number of esters is 1. The monoisotopic (exact) mass is 422 g/mol. The van der Waals surface area contributed by atoms with Gasteiger partial charge in [0.1, 0.15) is 0 Å². The van der Waals surface area contributed by atoms with Gasteiger partial charge in [-0.05, 0) is 49.4 Å². The van der Waals surface area contributed by atoms with Crippen LogP contribution >= 0.6 is 11.6 Å². The number of ether oxygens (including phenoxy) is 1. The molecule has 0 bridgehead atoms. The van der Waals surface area contributed by atoms with Crippen molar-refractivity contribution in [3.8, 4) is 0 Å². The molecule has 2 N–H and O–H groups in total. The van der Waals surface area contributed by atoms with Gasteiger partial charge in [-0.25, -0.2) is 4.79 Å². The second kappa shape index (κ2) is 9.24. The van der Waals surface area contributed by atoms with Crippen molar-refractivity contribution in [2.24, 2.45) is 0 Å². The van der Waals surface area contributed by atoms with Crippen LogP contribution in [0.25, 0.3) is 0 Å². The zero-order valence-electron chi connectivity index (χ0n) is 16.4. The molecule has 7 heteroatoms. The van der Waals surface area contributed by atoms with Gasteiger partial charge in [-0.1, -0.05) is 41.4 Å². The largest absolute Gasteiger partial charge is 0.465 e. The van der Waals surface area contributed by atoms with Crippen LogP contribution in [0.2, 0.25) is 5.02 Å². The Morgan fingerprint density at radius 3 is 2.27 bits per heavy atom. The van der Waals surface area contributed by atoms with Gasteiger partial charge in [0.25, 0.3) is 11.8 Å². The molecule has 152 valence electrons. The molecule has 6 nitrogen and oxygen atoms in total. The zero-order valence-corrected chi connectivity index (χ0v) is 17.1. The lowest BCUT2D eigenvalue weighted by molar-refractivity contribution is 0.0600. The van der Waals surface area contributed by atoms with Crippen LogP contribution in [0.5, 0.6) is 0 Å². The zero-order chi connectivity index (χ0) is 21.7. The molecule has 3 aromatic carbocycles. The van der Waals surface area contributed by atoms with E-state index in [1.807, 2.05) is 13.0 Å². The molecule has 0 aromatic heterocycles. The quantitative estimate of drug-likeness (QED) is 0.570. The number of hydrogen-bond donors (Lipinski definition) is 2. The predicted molar refractivity (Wildman–Crippen MR) is 116 cm³/mol. The Morgan fingerprint density at radius 1 is 0.800 bits per heavy atom. The number of hydrogen-bond acceptors (Lipinski definition) is 4. The minimum Gasteiger partial charge on any atom is -0.465 e. The highest BCUT2D eigenvalue weighted by molar-refractivity contribution is 6.34. The summed E-state index contributed by atoms with van der Waals surface area (Å²) < 4.78 is 4.69. The second-order valence-electron chi connectivity index (χ2n) is 6.51. The Labute approximate surface area is 178 Å². The van der Waals surface area contributed by atoms with E-state index in [0.717, 1.165) is 5.56 Å². The van der Waals surface area contributed by atoms with Crippen LogP contribution in [0.1, 0.15) is 36.6 Å². The average molecular weight is 423 g/mol. The van der Waals surface area contributed by atoms with Gasteiger partial charge in [-0.3, -0.25) is 9.59 Å². The first-order valence-electron chi connectivity index (χ1n) is 9.05. The molecule has 0 spiro atoms. The number of rotatable bonds is 5. The number of halogens is 1. The van der Waals surface area contributed by atoms with Gasteiger partial charge in [0, 0.05) is 5.56 Å². The topological polar surface area (TPSA) is 84.5 Å². The first-order valence-corrected chi connectivity index (χ1v) is 9.43. The molecule has 0 aliphatic carbocycles. The number of nitrogens with one attached hydrogen (secondary N) is 2. The minimum absolute atomic E-state index is 0.248. The van der Waals surface area contributed by atoms with Crippen molar-refractivity contribution in [1.29, 1.82) is 0 Å². The first-order chi connectivity index (χ1) is 14.4. The molecular formula is C23H19ClN2O4. The summed E-state index contributed by atoms with van der Waals surface area (Å²) >= 11 is 6.16. The van der Waals surface area contributed by atoms with Crippen LogP contribution in [-0.4, -0.2) is 24.9 Å². The van der Waals surface area contributed by atoms with Crippen LogP contribution in [0.3, 0.4) is 0 Å². The Balaban J connectivity index is 1.84. The maximum Gasteiger partial charge on any atom is 0.337 e. The van der Waals surface area contributed by atoms with E-state index >= 15 is 0 Å². The molecule has 3 rings (SSSR count). The van der Waals surface area contributed by atoms with Gasteiger partial charge < -0.3 is 15.4 Å². The highest BCUT2D eigenvalue weighted by Crippen LogP contribution is 2.25. The lowest BCUT2D eigenvalue weighted by Gasteiger charge is -2.13. The Bertz CT molecular complexity index is 1130. The maximum atomic E-state index is 12.9. The lowest BCUT2D eigenvalue weighted by atomic mass is 10.1. The van der Waals surface area contributed by atoms with Gasteiger partial charge in [-0.2, -0.15) is 0 Å². The van der Waals surface area contributed by atoms with E-state index in [1.165, 1.54) is 25.3 Å². The molecule has 0 aliphatic rings. The van der Waals surface area contributed by atoms with Crippen molar-refractivity contribution in [2.45, 2.75) is 6.92 Å². The van der Waals surface area contributed by atoms with Gasteiger partial charge in [0.05, 0.1) is 34.6 Å². The normalized spacial score (nSPS) is 10.2. The molecule has 3 aromatic rings. The predicted octanol–water partition coefficient (Wildman–Crippen LogP) is 4.94. The summed E-state index contributed by atoms with van der Waals surface area (Å²) in [4.78, 5) is 37.2. The van der Waals surface area contributed by atoms with E-state index in [0.29, 0.717) is 11.3 Å². The highest BCUT2D eigenvalue weighted by Gasteiger charge is 2.17. The van der Waals surface area contributed by atoms with Gasteiger partial charge in [0.15, 0.2) is 0 Å². The number of aryl methyl sites for hydroxylation is 1. The second-order valence-corrected chi connectivity index (χ2v) is 6.92. The third-order valence-corrected chi connectivity index (χ3v) is 4.67. The molecule has 0 radical (unpaired) electrons. The van der Waals surface area contributed by atoms with Crippen molar-refractivity contribution in [3.05, 3.63) is 94.0 Å². The van der Waals surface area contributed by atoms with Crippen molar-refractivity contribution < 1.29 is 19.1 Å². The Hall–Kier alpha value is -3.64. The fourth-order valence-electron chi connectivity index (χ4n) is 2.83. The summed E-state index contributed by atoms with van der Waals surface area (Å²) in [6.45, 7) is 1.89. The van der Waals surface area contributed by atoms with Crippen molar-refractivity contribution in [3.63, 3.8) is 0 Å². The third kappa shape index (κ3) is 4.85. The van der Waals surface area contributed by atoms with Crippen LogP contribution in [0.15, 0.2) is 66.7 Å². The van der Waals surface area contributed by atoms with Crippen LogP contribution < -0.4 is 10.6 Å². The molecule has 0 saturated carbocycles. The van der Waals surface area contributed by atoms with E-state index in [-0.39, 0.29) is 27.7 Å². The fraction of sp³-hybridized carbons (Fsp3) is 0.0870. The summed E-state index contributed by atoms with van der Waals surface area (Å²) in [5.41, 5.74) is 2.54. The Kier molecular flexibility index (Phi) is 6.49. The summed E-state index contributed by atoms with van der Waals surface area (Å²) in [6.07, 6.45) is 0. The first kappa shape index (κ1) is 21.1. The van der Waals surface area contributed by atoms with Crippen molar-refractivity contribution in [1.82, 2.24) is 0 Å². The lowest BCUT2D eigenvalue weighted by Crippen LogP contribution is -2.18. The molecular weight excluding hydrogens is 404 g/mol. The van der Waals surface area contributed by atoms with E-state index in [4.69, 9.17) is 16.3 Å². The highest BCUT2D eigenvalue weighted by atomic mass is 35.5.